The van der Waals surface area contributed by atoms with Crippen molar-refractivity contribution in [1.82, 2.24) is 0 Å². The van der Waals surface area contributed by atoms with Crippen LogP contribution in [0.3, 0.4) is 0 Å². The zero-order valence-corrected chi connectivity index (χ0v) is 9.10. The van der Waals surface area contributed by atoms with Gasteiger partial charge >= 0.3 is 11.9 Å². The van der Waals surface area contributed by atoms with E-state index in [0.717, 1.165) is 13.8 Å². The number of hydrogen-bond acceptors (Lipinski definition) is 4. The highest BCUT2D eigenvalue weighted by molar-refractivity contribution is 5.91. The van der Waals surface area contributed by atoms with Crippen LogP contribution in [-0.2, 0) is 19.2 Å². The fraction of sp³-hybridized carbons (Fsp3) is 0.600. The van der Waals surface area contributed by atoms with Gasteiger partial charge in [0.25, 0.3) is 0 Å². The molecule has 16 heavy (non-hydrogen) atoms. The lowest BCUT2D eigenvalue weighted by Gasteiger charge is -2.19. The van der Waals surface area contributed by atoms with Crippen molar-refractivity contribution in [3.05, 3.63) is 0 Å². The third-order valence-electron chi connectivity index (χ3n) is 2.32. The second kappa shape index (κ2) is 5.99. The van der Waals surface area contributed by atoms with E-state index >= 15 is 0 Å². The summed E-state index contributed by atoms with van der Waals surface area (Å²) in [5.41, 5.74) is 0. The summed E-state index contributed by atoms with van der Waals surface area (Å²) in [6.07, 6.45) is -1.04. The van der Waals surface area contributed by atoms with Crippen LogP contribution in [0.15, 0.2) is 0 Å². The molecule has 0 heterocycles. The Morgan fingerprint density at radius 1 is 0.812 bits per heavy atom. The van der Waals surface area contributed by atoms with Crippen molar-refractivity contribution < 1.29 is 29.4 Å². The molecule has 0 spiro atoms. The molecule has 0 aromatic carbocycles. The lowest BCUT2D eigenvalue weighted by molar-refractivity contribution is -0.146. The van der Waals surface area contributed by atoms with Crippen molar-refractivity contribution in [3.8, 4) is 0 Å². The van der Waals surface area contributed by atoms with Gasteiger partial charge in [0.15, 0.2) is 0 Å². The second-order valence-corrected chi connectivity index (χ2v) is 3.63. The Morgan fingerprint density at radius 3 is 1.19 bits per heavy atom. The first kappa shape index (κ1) is 14.3. The van der Waals surface area contributed by atoms with Crippen LogP contribution in [0.4, 0.5) is 0 Å². The van der Waals surface area contributed by atoms with Gasteiger partial charge in [0.05, 0.1) is 12.8 Å². The van der Waals surface area contributed by atoms with Gasteiger partial charge < -0.3 is 10.2 Å². The molecule has 0 aromatic heterocycles. The number of Topliss-reactive ketones (excluding diaryl/α,β-unsaturated/α-hetero) is 2. The average molecular weight is 230 g/mol. The summed E-state index contributed by atoms with van der Waals surface area (Å²) in [5.74, 6) is -5.54. The summed E-state index contributed by atoms with van der Waals surface area (Å²) in [6.45, 7) is 2.32. The van der Waals surface area contributed by atoms with Gasteiger partial charge in [-0.2, -0.15) is 0 Å². The first-order valence-electron chi connectivity index (χ1n) is 4.70. The van der Waals surface area contributed by atoms with Crippen molar-refractivity contribution in [2.45, 2.75) is 26.7 Å². The van der Waals surface area contributed by atoms with Gasteiger partial charge in [-0.1, -0.05) is 0 Å². The summed E-state index contributed by atoms with van der Waals surface area (Å²) in [7, 11) is 0. The number of carboxylic acid groups (broad SMARTS) is 2. The maximum atomic E-state index is 11.2. The van der Waals surface area contributed by atoms with E-state index in [-0.39, 0.29) is 0 Å². The van der Waals surface area contributed by atoms with Gasteiger partial charge in [-0.05, 0) is 13.8 Å². The van der Waals surface area contributed by atoms with Gasteiger partial charge in [-0.3, -0.25) is 19.2 Å². The first-order valence-corrected chi connectivity index (χ1v) is 4.70. The van der Waals surface area contributed by atoms with Crippen LogP contribution in [0.25, 0.3) is 0 Å². The number of hydrogen-bond donors (Lipinski definition) is 2. The molecule has 0 bridgehead atoms. The number of rotatable bonds is 7. The van der Waals surface area contributed by atoms with Crippen LogP contribution in [0.1, 0.15) is 26.7 Å². The minimum Gasteiger partial charge on any atom is -0.481 e. The molecule has 2 unspecified atom stereocenters. The molecule has 2 N–H and O–H groups in total. The van der Waals surface area contributed by atoms with Crippen molar-refractivity contribution in [1.29, 1.82) is 0 Å². The quantitative estimate of drug-likeness (QED) is 0.653. The van der Waals surface area contributed by atoms with Gasteiger partial charge in [-0.25, -0.2) is 0 Å². The molecule has 0 amide bonds. The minimum atomic E-state index is -1.23. The van der Waals surface area contributed by atoms with Gasteiger partial charge in [0.2, 0.25) is 0 Å². The number of carbonyl (C=O) groups is 4. The fourth-order valence-corrected chi connectivity index (χ4v) is 1.51. The highest BCUT2D eigenvalue weighted by Crippen LogP contribution is 2.22. The third-order valence-corrected chi connectivity index (χ3v) is 2.32. The van der Waals surface area contributed by atoms with E-state index in [0.29, 0.717) is 0 Å². The highest BCUT2D eigenvalue weighted by Gasteiger charge is 2.32. The zero-order valence-electron chi connectivity index (χ0n) is 9.10. The van der Waals surface area contributed by atoms with E-state index in [4.69, 9.17) is 10.2 Å². The third kappa shape index (κ3) is 4.68. The molecule has 0 saturated carbocycles. The number of carbonyl (C=O) groups excluding carboxylic acids is 2. The topological polar surface area (TPSA) is 109 Å². The van der Waals surface area contributed by atoms with Gasteiger partial charge in [0, 0.05) is 11.8 Å². The standard InChI is InChI=1S/C10H14O6/c1-5(11)7(3-9(13)14)8(6(2)12)4-10(15)16/h7-8H,3-4H2,1-2H3,(H,13,14)(H,15,16). The number of aliphatic carboxylic acids is 2. The summed E-state index contributed by atoms with van der Waals surface area (Å²) in [6, 6.07) is 0. The molecule has 6 heteroatoms. The van der Waals surface area contributed by atoms with Crippen LogP contribution in [0.2, 0.25) is 0 Å². The van der Waals surface area contributed by atoms with Crippen LogP contribution >= 0.6 is 0 Å². The number of carboxylic acids is 2. The van der Waals surface area contributed by atoms with Crippen molar-refractivity contribution in [2.24, 2.45) is 11.8 Å². The molecule has 0 rings (SSSR count). The monoisotopic (exact) mass is 230 g/mol. The Morgan fingerprint density at radius 2 is 1.06 bits per heavy atom. The van der Waals surface area contributed by atoms with Crippen molar-refractivity contribution >= 4 is 23.5 Å². The first-order chi connectivity index (χ1) is 7.25. The predicted molar refractivity (Wildman–Crippen MR) is 52.8 cm³/mol. The molecule has 0 aliphatic rings. The van der Waals surface area contributed by atoms with E-state index in [9.17, 15) is 19.2 Å². The SMILES string of the molecule is CC(=O)C(CC(=O)O)C(CC(=O)O)C(C)=O. The van der Waals surface area contributed by atoms with E-state index in [2.05, 4.69) is 0 Å². The van der Waals surface area contributed by atoms with E-state index in [1.54, 1.807) is 0 Å². The summed E-state index contributed by atoms with van der Waals surface area (Å²) >= 11 is 0. The molecule has 0 radical (unpaired) electrons. The lowest BCUT2D eigenvalue weighted by Crippen LogP contribution is -2.31. The molecular weight excluding hydrogens is 216 g/mol. The highest BCUT2D eigenvalue weighted by atomic mass is 16.4. The van der Waals surface area contributed by atoms with Crippen LogP contribution in [0, 0.1) is 11.8 Å². The lowest BCUT2D eigenvalue weighted by atomic mass is 9.82. The fourth-order valence-electron chi connectivity index (χ4n) is 1.51. The Hall–Kier alpha value is -1.72. The maximum Gasteiger partial charge on any atom is 0.304 e. The van der Waals surface area contributed by atoms with Crippen molar-refractivity contribution in [3.63, 3.8) is 0 Å². The van der Waals surface area contributed by atoms with E-state index in [1.807, 2.05) is 0 Å². The minimum absolute atomic E-state index is 0.483. The van der Waals surface area contributed by atoms with Crippen molar-refractivity contribution in [2.75, 3.05) is 0 Å². The van der Waals surface area contributed by atoms with E-state index < -0.39 is 48.2 Å². The van der Waals surface area contributed by atoms with Gasteiger partial charge in [-0.15, -0.1) is 0 Å². The molecule has 0 aromatic rings. The normalized spacial score (nSPS) is 13.9. The largest absolute Gasteiger partial charge is 0.481 e. The molecule has 0 fully saturated rings. The van der Waals surface area contributed by atoms with Crippen LogP contribution in [0.5, 0.6) is 0 Å². The average Bonchev–Trinajstić information content (AvgIpc) is 2.09. The van der Waals surface area contributed by atoms with Crippen LogP contribution in [-0.4, -0.2) is 33.7 Å². The maximum absolute atomic E-state index is 11.2. The Bertz CT molecular complexity index is 287. The zero-order chi connectivity index (χ0) is 12.9. The predicted octanol–water partition coefficient (Wildman–Crippen LogP) is 0.346. The molecule has 6 nitrogen and oxygen atoms in total. The summed E-state index contributed by atoms with van der Waals surface area (Å²) in [5, 5.41) is 17.2. The molecule has 90 valence electrons. The van der Waals surface area contributed by atoms with Crippen LogP contribution < -0.4 is 0 Å². The molecular formula is C10H14O6. The Kier molecular flexibility index (Phi) is 5.35. The smallest absolute Gasteiger partial charge is 0.304 e. The molecule has 2 atom stereocenters. The summed E-state index contributed by atoms with van der Waals surface area (Å²) < 4.78 is 0. The molecule has 0 aliphatic heterocycles. The second-order valence-electron chi connectivity index (χ2n) is 3.63. The Labute approximate surface area is 92.3 Å². The molecule has 0 saturated heterocycles. The van der Waals surface area contributed by atoms with E-state index in [1.165, 1.54) is 0 Å². The number of ketones is 2. The Balaban J connectivity index is 4.93. The summed E-state index contributed by atoms with van der Waals surface area (Å²) in [4.78, 5) is 43.4. The van der Waals surface area contributed by atoms with Gasteiger partial charge in [0.1, 0.15) is 11.6 Å². The molecule has 0 aliphatic carbocycles.